The highest BCUT2D eigenvalue weighted by atomic mass is 16.4. The summed E-state index contributed by atoms with van der Waals surface area (Å²) in [6.07, 6.45) is 11.4. The monoisotopic (exact) mass is 560 g/mol. The maximum absolute atomic E-state index is 12.7. The van der Waals surface area contributed by atoms with E-state index in [1.165, 1.54) is 45.4 Å². The minimum Gasteiger partial charge on any atom is -0.480 e. The van der Waals surface area contributed by atoms with Crippen LogP contribution in [0.25, 0.3) is 0 Å². The van der Waals surface area contributed by atoms with Gasteiger partial charge < -0.3 is 31.1 Å². The molecule has 13 heteroatoms. The van der Waals surface area contributed by atoms with Crippen LogP contribution in [0.4, 0.5) is 0 Å². The molecule has 0 saturated carbocycles. The molecule has 0 aliphatic rings. The van der Waals surface area contributed by atoms with Crippen molar-refractivity contribution < 1.29 is 44.4 Å². The van der Waals surface area contributed by atoms with Gasteiger partial charge in [-0.25, -0.2) is 4.79 Å². The smallest absolute Gasteiger partial charge is 0.333 e. The molecule has 0 spiro atoms. The summed E-state index contributed by atoms with van der Waals surface area (Å²) in [5.74, 6) is -5.73. The molecule has 0 heterocycles. The van der Waals surface area contributed by atoms with Gasteiger partial charge in [0.2, 0.25) is 0 Å². The quantitative estimate of drug-likeness (QED) is 0.0591. The lowest BCUT2D eigenvalue weighted by molar-refractivity contribution is -0.150. The van der Waals surface area contributed by atoms with E-state index < -0.39 is 61.0 Å². The highest BCUT2D eigenvalue weighted by molar-refractivity contribution is 6.06. The van der Waals surface area contributed by atoms with E-state index in [0.29, 0.717) is 6.54 Å². The molecule has 0 saturated heterocycles. The summed E-state index contributed by atoms with van der Waals surface area (Å²) in [6.45, 7) is 2.09. The zero-order chi connectivity index (χ0) is 29.7. The third kappa shape index (κ3) is 18.2. The van der Waals surface area contributed by atoms with Gasteiger partial charge in [-0.15, -0.1) is 0 Å². The van der Waals surface area contributed by atoms with Crippen LogP contribution in [0, 0.1) is 0 Å². The third-order valence-corrected chi connectivity index (χ3v) is 6.45. The lowest BCUT2D eigenvalue weighted by atomic mass is 10.00. The van der Waals surface area contributed by atoms with Gasteiger partial charge in [-0.3, -0.25) is 29.4 Å². The van der Waals surface area contributed by atoms with E-state index >= 15 is 0 Å². The minimum absolute atomic E-state index is 0.00765. The molecule has 1 amide bonds. The third-order valence-electron chi connectivity index (χ3n) is 6.45. The van der Waals surface area contributed by atoms with Crippen molar-refractivity contribution in [2.75, 3.05) is 39.3 Å². The van der Waals surface area contributed by atoms with Crippen LogP contribution in [-0.4, -0.2) is 106 Å². The molecule has 39 heavy (non-hydrogen) atoms. The average Bonchev–Trinajstić information content (AvgIpc) is 2.85. The molecular formula is C26H48N4O9. The summed E-state index contributed by atoms with van der Waals surface area (Å²) in [6, 6.07) is -0.681. The SMILES string of the molecule is CCCCCCCCCCCCNC(=O)C(C)(NCC(CCN(CC(=O)O)CC(=O)O)NCC(=O)O)C(=O)O. The van der Waals surface area contributed by atoms with Crippen molar-refractivity contribution in [3.05, 3.63) is 0 Å². The van der Waals surface area contributed by atoms with Crippen LogP contribution in [0.5, 0.6) is 0 Å². The molecule has 0 aliphatic carbocycles. The first-order valence-electron chi connectivity index (χ1n) is 13.8. The molecule has 0 aromatic rings. The van der Waals surface area contributed by atoms with Crippen molar-refractivity contribution in [3.63, 3.8) is 0 Å². The van der Waals surface area contributed by atoms with Crippen LogP contribution in [0.1, 0.15) is 84.5 Å². The lowest BCUT2D eigenvalue weighted by Gasteiger charge is -2.29. The van der Waals surface area contributed by atoms with Crippen LogP contribution in [0.15, 0.2) is 0 Å². The van der Waals surface area contributed by atoms with Gasteiger partial charge in [0.1, 0.15) is 0 Å². The van der Waals surface area contributed by atoms with E-state index in [-0.39, 0.29) is 19.5 Å². The Morgan fingerprint density at radius 1 is 0.769 bits per heavy atom. The van der Waals surface area contributed by atoms with E-state index in [0.717, 1.165) is 30.6 Å². The van der Waals surface area contributed by atoms with Crippen molar-refractivity contribution in [1.29, 1.82) is 0 Å². The molecule has 0 aromatic heterocycles. The zero-order valence-corrected chi connectivity index (χ0v) is 23.4. The summed E-state index contributed by atoms with van der Waals surface area (Å²) >= 11 is 0. The van der Waals surface area contributed by atoms with E-state index in [9.17, 15) is 29.1 Å². The number of nitrogens with one attached hydrogen (secondary N) is 3. The van der Waals surface area contributed by atoms with Crippen LogP contribution in [-0.2, 0) is 24.0 Å². The number of amides is 1. The van der Waals surface area contributed by atoms with E-state index in [1.54, 1.807) is 0 Å². The van der Waals surface area contributed by atoms with Gasteiger partial charge in [0.15, 0.2) is 5.54 Å². The van der Waals surface area contributed by atoms with Crippen molar-refractivity contribution in [2.24, 2.45) is 0 Å². The normalized spacial score (nSPS) is 13.5. The fourth-order valence-electron chi connectivity index (χ4n) is 4.01. The first kappa shape index (κ1) is 36.2. The van der Waals surface area contributed by atoms with E-state index in [1.807, 2.05) is 0 Å². The van der Waals surface area contributed by atoms with Gasteiger partial charge in [-0.1, -0.05) is 64.7 Å². The number of nitrogens with zero attached hydrogens (tertiary/aromatic N) is 1. The van der Waals surface area contributed by atoms with Crippen molar-refractivity contribution >= 4 is 29.8 Å². The maximum Gasteiger partial charge on any atom is 0.333 e. The topological polar surface area (TPSA) is 206 Å². The molecule has 13 nitrogen and oxygen atoms in total. The number of rotatable bonds is 26. The fraction of sp³-hybridized carbons (Fsp3) is 0.808. The van der Waals surface area contributed by atoms with Gasteiger partial charge in [-0.2, -0.15) is 0 Å². The van der Waals surface area contributed by atoms with Crippen molar-refractivity contribution in [2.45, 2.75) is 96.1 Å². The molecule has 0 rings (SSSR count). The Kier molecular flexibility index (Phi) is 19.6. The average molecular weight is 561 g/mol. The lowest BCUT2D eigenvalue weighted by Crippen LogP contribution is -2.62. The predicted molar refractivity (Wildman–Crippen MR) is 145 cm³/mol. The predicted octanol–water partition coefficient (Wildman–Crippen LogP) is 1.36. The maximum atomic E-state index is 12.7. The summed E-state index contributed by atoms with van der Waals surface area (Å²) < 4.78 is 0. The number of hydrogen-bond acceptors (Lipinski definition) is 8. The molecular weight excluding hydrogens is 512 g/mol. The van der Waals surface area contributed by atoms with Crippen LogP contribution in [0.2, 0.25) is 0 Å². The molecule has 2 unspecified atom stereocenters. The molecule has 2 atom stereocenters. The van der Waals surface area contributed by atoms with E-state index in [2.05, 4.69) is 22.9 Å². The van der Waals surface area contributed by atoms with Crippen LogP contribution in [0.3, 0.4) is 0 Å². The molecule has 0 aromatic carbocycles. The first-order chi connectivity index (χ1) is 18.4. The number of carbonyl (C=O) groups excluding carboxylic acids is 1. The second-order valence-electron chi connectivity index (χ2n) is 10.0. The summed E-state index contributed by atoms with van der Waals surface area (Å²) in [7, 11) is 0. The van der Waals surface area contributed by atoms with Gasteiger partial charge >= 0.3 is 23.9 Å². The Morgan fingerprint density at radius 2 is 1.28 bits per heavy atom. The van der Waals surface area contributed by atoms with Gasteiger partial charge in [0, 0.05) is 25.7 Å². The second-order valence-corrected chi connectivity index (χ2v) is 10.0. The number of carboxylic acids is 4. The van der Waals surface area contributed by atoms with Crippen molar-refractivity contribution in [1.82, 2.24) is 20.9 Å². The number of unbranched alkanes of at least 4 members (excludes halogenated alkanes) is 9. The van der Waals surface area contributed by atoms with Crippen molar-refractivity contribution in [3.8, 4) is 0 Å². The summed E-state index contributed by atoms with van der Waals surface area (Å²) in [5.41, 5.74) is -1.98. The molecule has 7 N–H and O–H groups in total. The highest BCUT2D eigenvalue weighted by Crippen LogP contribution is 2.11. The van der Waals surface area contributed by atoms with Crippen LogP contribution < -0.4 is 16.0 Å². The summed E-state index contributed by atoms with van der Waals surface area (Å²) in [4.78, 5) is 59.0. The van der Waals surface area contributed by atoms with Crippen LogP contribution >= 0.6 is 0 Å². The number of carbonyl (C=O) groups is 5. The Morgan fingerprint density at radius 3 is 1.74 bits per heavy atom. The Labute approximate surface area is 230 Å². The second kappa shape index (κ2) is 21.1. The standard InChI is InChI=1S/C26H48N4O9/c1-3-4-5-6-7-8-9-10-11-12-14-27-24(37)26(2,25(38)39)29-16-20(28-17-21(31)32)13-15-30(18-22(33)34)19-23(35)36/h20,28-29H,3-19H2,1-2H3,(H,27,37)(H,31,32)(H,33,34)(H,35,36)(H,38,39). The minimum atomic E-state index is -1.98. The molecule has 0 aliphatic heterocycles. The van der Waals surface area contributed by atoms with Gasteiger partial charge in [-0.05, 0) is 19.8 Å². The highest BCUT2D eigenvalue weighted by Gasteiger charge is 2.41. The summed E-state index contributed by atoms with van der Waals surface area (Å²) in [5, 5.41) is 44.8. The molecule has 226 valence electrons. The Bertz CT molecular complexity index is 750. The van der Waals surface area contributed by atoms with Gasteiger partial charge in [0.05, 0.1) is 19.6 Å². The molecule has 0 fully saturated rings. The first-order valence-corrected chi connectivity index (χ1v) is 13.8. The Balaban J connectivity index is 4.78. The van der Waals surface area contributed by atoms with Gasteiger partial charge in [0.25, 0.3) is 5.91 Å². The largest absolute Gasteiger partial charge is 0.480 e. The number of aliphatic carboxylic acids is 4. The number of carboxylic acid groups (broad SMARTS) is 4. The molecule has 0 radical (unpaired) electrons. The molecule has 0 bridgehead atoms. The Hall–Kier alpha value is -2.77. The zero-order valence-electron chi connectivity index (χ0n) is 23.4. The number of hydrogen-bond donors (Lipinski definition) is 7. The fourth-order valence-corrected chi connectivity index (χ4v) is 4.01. The van der Waals surface area contributed by atoms with E-state index in [4.69, 9.17) is 15.3 Å².